The normalized spacial score (nSPS) is 17.0. The number of amides is 2. The Morgan fingerprint density at radius 1 is 1.54 bits per heavy atom. The van der Waals surface area contributed by atoms with Crippen molar-refractivity contribution in [2.24, 2.45) is 0 Å². The minimum absolute atomic E-state index is 0.210. The highest BCUT2D eigenvalue weighted by Crippen LogP contribution is 2.25. The first-order valence-electron chi connectivity index (χ1n) is 7.81. The molecule has 0 bridgehead atoms. The SMILES string of the molecule is CC(=O)NC[C@H]1CN(c2ccc(-n3cnc(/C=C\Cl)c3)c(F)c2)C(=O)O1. The van der Waals surface area contributed by atoms with E-state index in [1.165, 1.54) is 34.3 Å². The first-order chi connectivity index (χ1) is 12.5. The molecule has 1 atom stereocenters. The van der Waals surface area contributed by atoms with Gasteiger partial charge in [0.1, 0.15) is 11.9 Å². The molecule has 0 saturated carbocycles. The predicted octanol–water partition coefficient (Wildman–Crippen LogP) is 2.68. The van der Waals surface area contributed by atoms with Crippen molar-refractivity contribution in [3.8, 4) is 5.69 Å². The Balaban J connectivity index is 1.76. The maximum atomic E-state index is 14.5. The molecule has 0 aliphatic carbocycles. The van der Waals surface area contributed by atoms with Gasteiger partial charge in [-0.15, -0.1) is 0 Å². The molecule has 2 amide bonds. The monoisotopic (exact) mass is 378 g/mol. The molecule has 1 fully saturated rings. The van der Waals surface area contributed by atoms with Gasteiger partial charge in [0.25, 0.3) is 0 Å². The van der Waals surface area contributed by atoms with E-state index >= 15 is 0 Å². The number of benzene rings is 1. The van der Waals surface area contributed by atoms with E-state index in [1.54, 1.807) is 24.4 Å². The lowest BCUT2D eigenvalue weighted by Crippen LogP contribution is -2.33. The van der Waals surface area contributed by atoms with Crippen molar-refractivity contribution in [3.05, 3.63) is 47.8 Å². The largest absolute Gasteiger partial charge is 0.442 e. The fraction of sp³-hybridized carbons (Fsp3) is 0.235. The van der Waals surface area contributed by atoms with Gasteiger partial charge in [0.15, 0.2) is 0 Å². The summed E-state index contributed by atoms with van der Waals surface area (Å²) in [5.41, 5.74) is 2.58. The van der Waals surface area contributed by atoms with E-state index in [9.17, 15) is 14.0 Å². The Hall–Kier alpha value is -2.87. The fourth-order valence-electron chi connectivity index (χ4n) is 2.59. The quantitative estimate of drug-likeness (QED) is 0.867. The van der Waals surface area contributed by atoms with Crippen LogP contribution in [0.15, 0.2) is 36.3 Å². The highest BCUT2D eigenvalue weighted by molar-refractivity contribution is 6.27. The summed E-state index contributed by atoms with van der Waals surface area (Å²) in [7, 11) is 0. The summed E-state index contributed by atoms with van der Waals surface area (Å²) in [5, 5.41) is 2.59. The van der Waals surface area contributed by atoms with Crippen molar-refractivity contribution >= 4 is 35.4 Å². The summed E-state index contributed by atoms with van der Waals surface area (Å²) in [6.07, 6.45) is 3.62. The zero-order valence-electron chi connectivity index (χ0n) is 13.9. The van der Waals surface area contributed by atoms with Crippen LogP contribution in [-0.2, 0) is 9.53 Å². The molecule has 1 aliphatic rings. The van der Waals surface area contributed by atoms with Crippen molar-refractivity contribution in [3.63, 3.8) is 0 Å². The maximum absolute atomic E-state index is 14.5. The summed E-state index contributed by atoms with van der Waals surface area (Å²) in [6, 6.07) is 4.43. The number of halogens is 2. The molecule has 7 nitrogen and oxygen atoms in total. The molecule has 1 aromatic carbocycles. The first-order valence-corrected chi connectivity index (χ1v) is 8.25. The van der Waals surface area contributed by atoms with Crippen LogP contribution in [0, 0.1) is 5.82 Å². The van der Waals surface area contributed by atoms with Gasteiger partial charge in [0.2, 0.25) is 5.91 Å². The third-order valence-corrected chi connectivity index (χ3v) is 3.94. The van der Waals surface area contributed by atoms with Crippen LogP contribution in [0.2, 0.25) is 0 Å². The number of ether oxygens (including phenoxy) is 1. The van der Waals surface area contributed by atoms with Gasteiger partial charge in [0.05, 0.1) is 36.5 Å². The number of carbonyl (C=O) groups excluding carboxylic acids is 2. The van der Waals surface area contributed by atoms with Crippen LogP contribution in [0.4, 0.5) is 14.9 Å². The summed E-state index contributed by atoms with van der Waals surface area (Å²) in [5.74, 6) is -0.724. The van der Waals surface area contributed by atoms with Gasteiger partial charge in [-0.3, -0.25) is 9.69 Å². The molecule has 9 heteroatoms. The summed E-state index contributed by atoms with van der Waals surface area (Å²) in [4.78, 5) is 28.4. The topological polar surface area (TPSA) is 76.5 Å². The van der Waals surface area contributed by atoms with Gasteiger partial charge in [-0.1, -0.05) is 11.6 Å². The van der Waals surface area contributed by atoms with Gasteiger partial charge in [-0.05, 0) is 24.3 Å². The van der Waals surface area contributed by atoms with E-state index in [1.807, 2.05) is 0 Å². The third-order valence-electron chi connectivity index (χ3n) is 3.81. The Kier molecular flexibility index (Phi) is 5.22. The zero-order chi connectivity index (χ0) is 18.7. The molecular weight excluding hydrogens is 363 g/mol. The number of cyclic esters (lactones) is 1. The average molecular weight is 379 g/mol. The molecule has 2 aromatic rings. The van der Waals surface area contributed by atoms with Crippen molar-refractivity contribution in [1.29, 1.82) is 0 Å². The lowest BCUT2D eigenvalue weighted by Gasteiger charge is -2.14. The lowest BCUT2D eigenvalue weighted by atomic mass is 10.2. The first kappa shape index (κ1) is 17.9. The highest BCUT2D eigenvalue weighted by Gasteiger charge is 2.32. The third kappa shape index (κ3) is 3.85. The van der Waals surface area contributed by atoms with Gasteiger partial charge in [0, 0.05) is 18.7 Å². The van der Waals surface area contributed by atoms with Gasteiger partial charge >= 0.3 is 6.09 Å². The Bertz CT molecular complexity index is 867. The number of imidazole rings is 1. The molecule has 26 heavy (non-hydrogen) atoms. The number of rotatable bonds is 5. The number of carbonyl (C=O) groups is 2. The summed E-state index contributed by atoms with van der Waals surface area (Å²) in [6.45, 7) is 1.82. The molecule has 0 unspecified atom stereocenters. The van der Waals surface area contributed by atoms with Crippen LogP contribution < -0.4 is 10.2 Å². The van der Waals surface area contributed by atoms with Crippen LogP contribution >= 0.6 is 11.6 Å². The van der Waals surface area contributed by atoms with Crippen LogP contribution in [0.1, 0.15) is 12.6 Å². The van der Waals surface area contributed by atoms with Crippen LogP contribution in [0.3, 0.4) is 0 Å². The molecule has 1 aromatic heterocycles. The molecule has 2 heterocycles. The maximum Gasteiger partial charge on any atom is 0.414 e. The number of hydrogen-bond donors (Lipinski definition) is 1. The second-order valence-electron chi connectivity index (χ2n) is 5.69. The van der Waals surface area contributed by atoms with E-state index in [4.69, 9.17) is 16.3 Å². The molecule has 0 spiro atoms. The van der Waals surface area contributed by atoms with Crippen molar-refractivity contribution in [2.75, 3.05) is 18.0 Å². The van der Waals surface area contributed by atoms with Gasteiger partial charge < -0.3 is 14.6 Å². The number of aromatic nitrogens is 2. The minimum atomic E-state index is -0.579. The summed E-state index contributed by atoms with van der Waals surface area (Å²) >= 11 is 5.50. The number of hydrogen-bond acceptors (Lipinski definition) is 4. The predicted molar refractivity (Wildman–Crippen MR) is 94.7 cm³/mol. The summed E-state index contributed by atoms with van der Waals surface area (Å²) < 4.78 is 21.2. The van der Waals surface area contributed by atoms with Crippen LogP contribution in [0.25, 0.3) is 11.8 Å². The average Bonchev–Trinajstić information content (AvgIpc) is 3.20. The van der Waals surface area contributed by atoms with Gasteiger partial charge in [-0.25, -0.2) is 14.2 Å². The molecule has 1 aliphatic heterocycles. The zero-order valence-corrected chi connectivity index (χ0v) is 14.6. The van der Waals surface area contributed by atoms with E-state index in [0.29, 0.717) is 11.4 Å². The van der Waals surface area contributed by atoms with Crippen molar-refractivity contribution in [2.45, 2.75) is 13.0 Å². The van der Waals surface area contributed by atoms with E-state index < -0.39 is 18.0 Å². The van der Waals surface area contributed by atoms with E-state index in [0.717, 1.165) is 0 Å². The fourth-order valence-corrected chi connectivity index (χ4v) is 2.72. The highest BCUT2D eigenvalue weighted by atomic mass is 35.5. The van der Waals surface area contributed by atoms with Crippen molar-refractivity contribution < 1.29 is 18.7 Å². The van der Waals surface area contributed by atoms with Crippen molar-refractivity contribution in [1.82, 2.24) is 14.9 Å². The molecule has 3 rings (SSSR count). The lowest BCUT2D eigenvalue weighted by molar-refractivity contribution is -0.119. The Morgan fingerprint density at radius 3 is 3.04 bits per heavy atom. The van der Waals surface area contributed by atoms with Crippen LogP contribution in [0.5, 0.6) is 0 Å². The Labute approximate surface area is 154 Å². The number of nitrogens with zero attached hydrogens (tertiary/aromatic N) is 3. The molecule has 0 radical (unpaired) electrons. The van der Waals surface area contributed by atoms with E-state index in [-0.39, 0.29) is 24.7 Å². The minimum Gasteiger partial charge on any atom is -0.442 e. The van der Waals surface area contributed by atoms with Crippen LogP contribution in [-0.4, -0.2) is 40.7 Å². The molecule has 136 valence electrons. The Morgan fingerprint density at radius 2 is 2.35 bits per heavy atom. The molecular formula is C17H16ClFN4O3. The number of nitrogens with one attached hydrogen (secondary N) is 1. The molecule has 1 N–H and O–H groups in total. The second kappa shape index (κ2) is 7.57. The second-order valence-corrected chi connectivity index (χ2v) is 5.94. The van der Waals surface area contributed by atoms with Gasteiger partial charge in [-0.2, -0.15) is 0 Å². The smallest absolute Gasteiger partial charge is 0.414 e. The van der Waals surface area contributed by atoms with E-state index in [2.05, 4.69) is 10.3 Å². The number of anilines is 1. The standard InChI is InChI=1S/C17H16ClFN4O3/c1-11(24)20-7-14-9-23(17(25)26-14)13-2-3-16(15(19)6-13)22-8-12(4-5-18)21-10-22/h2-6,8,10,14H,7,9H2,1H3,(H,20,24)/b5-4-/t14-/m0/s1. The molecule has 1 saturated heterocycles.